The highest BCUT2D eigenvalue weighted by Gasteiger charge is 2.17. The molecule has 22 heavy (non-hydrogen) atoms. The number of carbonyl (C=O) groups is 1. The van der Waals surface area contributed by atoms with Crippen molar-refractivity contribution in [2.45, 2.75) is 10.6 Å². The molecular weight excluding hydrogens is 306 g/mol. The van der Waals surface area contributed by atoms with Gasteiger partial charge in [-0.15, -0.1) is 11.8 Å². The molecule has 114 valence electrons. The van der Waals surface area contributed by atoms with E-state index < -0.39 is 10.9 Å². The maximum absolute atomic E-state index is 11.1. The van der Waals surface area contributed by atoms with Crippen LogP contribution >= 0.6 is 11.8 Å². The normalized spacial score (nSPS) is 10.2. The van der Waals surface area contributed by atoms with Gasteiger partial charge in [0, 0.05) is 22.3 Å². The van der Waals surface area contributed by atoms with Gasteiger partial charge in [0.05, 0.1) is 17.6 Å². The lowest BCUT2D eigenvalue weighted by Crippen LogP contribution is -2.00. The molecule has 0 amide bonds. The van der Waals surface area contributed by atoms with Gasteiger partial charge in [-0.2, -0.15) is 0 Å². The second-order valence-corrected chi connectivity index (χ2v) is 5.42. The molecule has 0 aliphatic carbocycles. The van der Waals surface area contributed by atoms with Crippen molar-refractivity contribution in [2.24, 2.45) is 0 Å². The first-order valence-corrected chi connectivity index (χ1v) is 7.27. The van der Waals surface area contributed by atoms with Gasteiger partial charge >= 0.3 is 5.97 Å². The zero-order valence-electron chi connectivity index (χ0n) is 11.7. The number of carboxylic acids is 1. The topological polar surface area (TPSA) is 89.7 Å². The summed E-state index contributed by atoms with van der Waals surface area (Å²) in [4.78, 5) is 22.3. The summed E-state index contributed by atoms with van der Waals surface area (Å²) in [5, 5.41) is 20.0. The molecule has 2 aromatic rings. The number of methoxy groups -OCH3 is 1. The van der Waals surface area contributed by atoms with Crippen LogP contribution in [0.5, 0.6) is 5.75 Å². The molecule has 1 N–H and O–H groups in total. The molecule has 6 nitrogen and oxygen atoms in total. The van der Waals surface area contributed by atoms with Crippen LogP contribution in [0.3, 0.4) is 0 Å². The third-order valence-corrected chi connectivity index (χ3v) is 4.04. The van der Waals surface area contributed by atoms with E-state index >= 15 is 0 Å². The highest BCUT2D eigenvalue weighted by Crippen LogP contribution is 2.29. The molecule has 0 saturated carbocycles. The summed E-state index contributed by atoms with van der Waals surface area (Å²) < 4.78 is 5.06. The molecule has 0 atom stereocenters. The van der Waals surface area contributed by atoms with Crippen molar-refractivity contribution in [1.82, 2.24) is 0 Å². The number of aromatic carboxylic acids is 1. The number of ether oxygens (including phenoxy) is 1. The van der Waals surface area contributed by atoms with Crippen LogP contribution < -0.4 is 4.74 Å². The Kier molecular flexibility index (Phi) is 5.00. The standard InChI is InChI=1S/C15H13NO5S/c1-21-12-4-6-13(7-5-12)22-9-11-3-2-10(15(17)18)8-14(11)16(19)20/h2-8H,9H2,1H3,(H,17,18). The van der Waals surface area contributed by atoms with E-state index in [0.29, 0.717) is 11.3 Å². The monoisotopic (exact) mass is 319 g/mol. The Bertz CT molecular complexity index is 700. The van der Waals surface area contributed by atoms with E-state index in [9.17, 15) is 14.9 Å². The lowest BCUT2D eigenvalue weighted by molar-refractivity contribution is -0.385. The second-order valence-electron chi connectivity index (χ2n) is 4.37. The van der Waals surface area contributed by atoms with E-state index in [1.54, 1.807) is 7.11 Å². The summed E-state index contributed by atoms with van der Waals surface area (Å²) >= 11 is 1.43. The Balaban J connectivity index is 2.17. The van der Waals surface area contributed by atoms with Gasteiger partial charge in [-0.3, -0.25) is 10.1 Å². The van der Waals surface area contributed by atoms with Crippen molar-refractivity contribution in [2.75, 3.05) is 7.11 Å². The van der Waals surface area contributed by atoms with Crippen molar-refractivity contribution < 1.29 is 19.6 Å². The molecule has 0 aliphatic heterocycles. The van der Waals surface area contributed by atoms with Gasteiger partial charge in [0.2, 0.25) is 0 Å². The van der Waals surface area contributed by atoms with Gasteiger partial charge in [-0.1, -0.05) is 6.07 Å². The fraction of sp³-hybridized carbons (Fsp3) is 0.133. The smallest absolute Gasteiger partial charge is 0.335 e. The third-order valence-electron chi connectivity index (χ3n) is 2.98. The largest absolute Gasteiger partial charge is 0.497 e. The molecule has 0 radical (unpaired) electrons. The van der Waals surface area contributed by atoms with Crippen LogP contribution in [0.15, 0.2) is 47.4 Å². The summed E-state index contributed by atoms with van der Waals surface area (Å²) in [5.41, 5.74) is 0.210. The molecule has 0 bridgehead atoms. The Morgan fingerprint density at radius 3 is 2.50 bits per heavy atom. The van der Waals surface area contributed by atoms with E-state index in [2.05, 4.69) is 0 Å². The molecule has 0 saturated heterocycles. The zero-order chi connectivity index (χ0) is 16.1. The highest BCUT2D eigenvalue weighted by molar-refractivity contribution is 7.98. The average Bonchev–Trinajstić information content (AvgIpc) is 2.53. The molecule has 0 fully saturated rings. The molecule has 0 spiro atoms. The minimum Gasteiger partial charge on any atom is -0.497 e. The summed E-state index contributed by atoms with van der Waals surface area (Å²) in [5.74, 6) is -0.0682. The number of carboxylic acid groups (broad SMARTS) is 1. The number of rotatable bonds is 6. The number of benzene rings is 2. The van der Waals surface area contributed by atoms with Gasteiger partial charge < -0.3 is 9.84 Å². The molecule has 2 rings (SSSR count). The van der Waals surface area contributed by atoms with Gasteiger partial charge in [0.1, 0.15) is 5.75 Å². The van der Waals surface area contributed by atoms with E-state index in [-0.39, 0.29) is 11.3 Å². The Morgan fingerprint density at radius 2 is 1.95 bits per heavy atom. The maximum atomic E-state index is 11.1. The molecular formula is C15H13NO5S. The van der Waals surface area contributed by atoms with Crippen molar-refractivity contribution >= 4 is 23.4 Å². The van der Waals surface area contributed by atoms with Crippen LogP contribution in [0, 0.1) is 10.1 Å². The van der Waals surface area contributed by atoms with Gasteiger partial charge in [0.25, 0.3) is 5.69 Å². The lowest BCUT2D eigenvalue weighted by atomic mass is 10.1. The van der Waals surface area contributed by atoms with E-state index in [1.165, 1.54) is 23.9 Å². The molecule has 0 heterocycles. The number of thioether (sulfide) groups is 1. The summed E-state index contributed by atoms with van der Waals surface area (Å²) in [7, 11) is 1.58. The first-order chi connectivity index (χ1) is 10.5. The summed E-state index contributed by atoms with van der Waals surface area (Å²) in [6, 6.07) is 11.3. The predicted molar refractivity (Wildman–Crippen MR) is 82.6 cm³/mol. The molecule has 2 aromatic carbocycles. The number of nitrogens with zero attached hydrogens (tertiary/aromatic N) is 1. The molecule has 7 heteroatoms. The van der Waals surface area contributed by atoms with Crippen LogP contribution in [-0.4, -0.2) is 23.1 Å². The van der Waals surface area contributed by atoms with Crippen molar-refractivity contribution in [3.8, 4) is 5.75 Å². The molecule has 0 aromatic heterocycles. The minimum absolute atomic E-state index is 0.0927. The fourth-order valence-corrected chi connectivity index (χ4v) is 2.72. The predicted octanol–water partition coefficient (Wildman–Crippen LogP) is 3.59. The van der Waals surface area contributed by atoms with Crippen LogP contribution in [0.1, 0.15) is 15.9 Å². The van der Waals surface area contributed by atoms with E-state index in [4.69, 9.17) is 9.84 Å². The maximum Gasteiger partial charge on any atom is 0.335 e. The zero-order valence-corrected chi connectivity index (χ0v) is 12.5. The van der Waals surface area contributed by atoms with Crippen LogP contribution in [-0.2, 0) is 5.75 Å². The van der Waals surface area contributed by atoms with Gasteiger partial charge in [-0.05, 0) is 30.3 Å². The summed E-state index contributed by atoms with van der Waals surface area (Å²) in [6.45, 7) is 0. The molecule has 0 unspecified atom stereocenters. The second kappa shape index (κ2) is 6.95. The number of nitro groups is 1. The van der Waals surface area contributed by atoms with E-state index in [1.807, 2.05) is 24.3 Å². The summed E-state index contributed by atoms with van der Waals surface area (Å²) in [6.07, 6.45) is 0. The highest BCUT2D eigenvalue weighted by atomic mass is 32.2. The Morgan fingerprint density at radius 1 is 1.27 bits per heavy atom. The van der Waals surface area contributed by atoms with Crippen LogP contribution in [0.25, 0.3) is 0 Å². The van der Waals surface area contributed by atoms with Crippen molar-refractivity contribution in [1.29, 1.82) is 0 Å². The fourth-order valence-electron chi connectivity index (χ4n) is 1.82. The van der Waals surface area contributed by atoms with Gasteiger partial charge in [-0.25, -0.2) is 4.79 Å². The third kappa shape index (κ3) is 3.76. The first-order valence-electron chi connectivity index (χ1n) is 6.28. The SMILES string of the molecule is COc1ccc(SCc2ccc(C(=O)O)cc2[N+](=O)[O-])cc1. The van der Waals surface area contributed by atoms with Crippen molar-refractivity contribution in [3.05, 3.63) is 63.7 Å². The van der Waals surface area contributed by atoms with Gasteiger partial charge in [0.15, 0.2) is 0 Å². The number of hydrogen-bond acceptors (Lipinski definition) is 5. The van der Waals surface area contributed by atoms with Crippen LogP contribution in [0.4, 0.5) is 5.69 Å². The van der Waals surface area contributed by atoms with Crippen LogP contribution in [0.2, 0.25) is 0 Å². The number of hydrogen-bond donors (Lipinski definition) is 1. The Hall–Kier alpha value is -2.54. The minimum atomic E-state index is -1.18. The van der Waals surface area contributed by atoms with E-state index in [0.717, 1.165) is 16.7 Å². The molecule has 0 aliphatic rings. The first kappa shape index (κ1) is 15.8. The average molecular weight is 319 g/mol. The number of nitro benzene ring substituents is 1. The lowest BCUT2D eigenvalue weighted by Gasteiger charge is -2.05. The van der Waals surface area contributed by atoms with Crippen molar-refractivity contribution in [3.63, 3.8) is 0 Å². The Labute approximate surface area is 130 Å². The quantitative estimate of drug-likeness (QED) is 0.497.